The van der Waals surface area contributed by atoms with Crippen LogP contribution in [-0.2, 0) is 16.6 Å². The van der Waals surface area contributed by atoms with E-state index in [0.717, 1.165) is 6.54 Å². The predicted molar refractivity (Wildman–Crippen MR) is 84.6 cm³/mol. The van der Waals surface area contributed by atoms with Crippen molar-refractivity contribution in [1.82, 2.24) is 19.4 Å². The average Bonchev–Trinajstić information content (AvgIpc) is 2.83. The van der Waals surface area contributed by atoms with Gasteiger partial charge in [0.1, 0.15) is 4.90 Å². The third-order valence-electron chi connectivity index (χ3n) is 2.98. The Kier molecular flexibility index (Phi) is 6.83. The molecule has 0 saturated heterocycles. The summed E-state index contributed by atoms with van der Waals surface area (Å²) >= 11 is 0. The second kappa shape index (κ2) is 7.91. The number of sulfonamides is 1. The zero-order chi connectivity index (χ0) is 16.0. The molecule has 0 atom stereocenters. The van der Waals surface area contributed by atoms with Crippen molar-refractivity contribution in [3.05, 3.63) is 12.4 Å². The summed E-state index contributed by atoms with van der Waals surface area (Å²) in [6.45, 7) is 10.6. The summed E-state index contributed by atoms with van der Waals surface area (Å²) in [6.07, 6.45) is 3.05. The summed E-state index contributed by atoms with van der Waals surface area (Å²) in [5.74, 6) is 0.579. The number of aromatic nitrogens is 2. The predicted octanol–water partition coefficient (Wildman–Crippen LogP) is 1.41. The second-order valence-electron chi connectivity index (χ2n) is 6.15. The van der Waals surface area contributed by atoms with E-state index in [9.17, 15) is 8.42 Å². The van der Waals surface area contributed by atoms with Gasteiger partial charge in [-0.3, -0.25) is 4.68 Å². The lowest BCUT2D eigenvalue weighted by atomic mass is 10.2. The minimum absolute atomic E-state index is 0.278. The highest BCUT2D eigenvalue weighted by Gasteiger charge is 2.27. The third kappa shape index (κ3) is 5.41. The molecule has 0 aliphatic rings. The molecule has 6 nitrogen and oxygen atoms in total. The van der Waals surface area contributed by atoms with E-state index in [1.807, 2.05) is 34.7 Å². The molecule has 1 heterocycles. The van der Waals surface area contributed by atoms with E-state index >= 15 is 0 Å². The van der Waals surface area contributed by atoms with Gasteiger partial charge >= 0.3 is 0 Å². The maximum absolute atomic E-state index is 12.7. The molecule has 1 N–H and O–H groups in total. The van der Waals surface area contributed by atoms with E-state index in [2.05, 4.69) is 10.4 Å². The molecule has 7 heteroatoms. The first kappa shape index (κ1) is 18.1. The Morgan fingerprint density at radius 3 is 2.29 bits per heavy atom. The molecule has 0 radical (unpaired) electrons. The van der Waals surface area contributed by atoms with Crippen LogP contribution in [0.4, 0.5) is 0 Å². The standard InChI is InChI=1S/C14H28N4O2S/c1-12(2)9-18(10-13(3)4)21(19,20)14-8-16-17(11-14)7-6-15-5/h8,11-13,15H,6-7,9-10H2,1-5H3. The molecular formula is C14H28N4O2S. The SMILES string of the molecule is CNCCn1cc(S(=O)(=O)N(CC(C)C)CC(C)C)cn1. The van der Waals surface area contributed by atoms with Crippen molar-refractivity contribution in [2.75, 3.05) is 26.7 Å². The second-order valence-corrected chi connectivity index (χ2v) is 8.09. The van der Waals surface area contributed by atoms with Gasteiger partial charge in [0.05, 0.1) is 12.7 Å². The molecule has 1 aromatic heterocycles. The smallest absolute Gasteiger partial charge is 0.246 e. The molecule has 0 fully saturated rings. The van der Waals surface area contributed by atoms with Crippen molar-refractivity contribution in [2.45, 2.75) is 39.1 Å². The first-order valence-corrected chi connectivity index (χ1v) is 8.88. The van der Waals surface area contributed by atoms with Gasteiger partial charge in [-0.15, -0.1) is 0 Å². The number of likely N-dealkylation sites (N-methyl/N-ethyl adjacent to an activating group) is 1. The van der Waals surface area contributed by atoms with Gasteiger partial charge in [-0.1, -0.05) is 27.7 Å². The molecule has 0 aromatic carbocycles. The fourth-order valence-electron chi connectivity index (χ4n) is 2.06. The Morgan fingerprint density at radius 1 is 1.24 bits per heavy atom. The van der Waals surface area contributed by atoms with Crippen LogP contribution in [0.15, 0.2) is 17.3 Å². The summed E-state index contributed by atoms with van der Waals surface area (Å²) in [4.78, 5) is 0.278. The number of nitrogens with zero attached hydrogens (tertiary/aromatic N) is 3. The van der Waals surface area contributed by atoms with Gasteiger partial charge in [-0.05, 0) is 18.9 Å². The summed E-state index contributed by atoms with van der Waals surface area (Å²) in [5.41, 5.74) is 0. The lowest BCUT2D eigenvalue weighted by Crippen LogP contribution is -2.36. The Bertz CT molecular complexity index is 513. The van der Waals surface area contributed by atoms with Gasteiger partial charge in [0.25, 0.3) is 0 Å². The highest BCUT2D eigenvalue weighted by molar-refractivity contribution is 7.89. The third-order valence-corrected chi connectivity index (χ3v) is 4.76. The molecule has 0 bridgehead atoms. The normalized spacial score (nSPS) is 12.8. The van der Waals surface area contributed by atoms with Crippen molar-refractivity contribution in [2.24, 2.45) is 11.8 Å². The summed E-state index contributed by atoms with van der Waals surface area (Å²) in [5, 5.41) is 7.15. The molecule has 0 aliphatic heterocycles. The highest BCUT2D eigenvalue weighted by atomic mass is 32.2. The van der Waals surface area contributed by atoms with Crippen molar-refractivity contribution >= 4 is 10.0 Å². The van der Waals surface area contributed by atoms with Gasteiger partial charge in [0.15, 0.2) is 0 Å². The van der Waals surface area contributed by atoms with Gasteiger partial charge in [-0.25, -0.2) is 8.42 Å². The van der Waals surface area contributed by atoms with Crippen LogP contribution >= 0.6 is 0 Å². The summed E-state index contributed by atoms with van der Waals surface area (Å²) < 4.78 is 28.7. The van der Waals surface area contributed by atoms with Gasteiger partial charge in [0.2, 0.25) is 10.0 Å². The van der Waals surface area contributed by atoms with Crippen LogP contribution in [0.1, 0.15) is 27.7 Å². The molecule has 0 saturated carbocycles. The van der Waals surface area contributed by atoms with Crippen LogP contribution in [0.3, 0.4) is 0 Å². The fraction of sp³-hybridized carbons (Fsp3) is 0.786. The monoisotopic (exact) mass is 316 g/mol. The minimum atomic E-state index is -3.47. The molecule has 0 spiro atoms. The van der Waals surface area contributed by atoms with E-state index < -0.39 is 10.0 Å². The fourth-order valence-corrected chi connectivity index (χ4v) is 3.78. The van der Waals surface area contributed by atoms with Crippen molar-refractivity contribution in [1.29, 1.82) is 0 Å². The quantitative estimate of drug-likeness (QED) is 0.748. The van der Waals surface area contributed by atoms with Crippen LogP contribution in [-0.4, -0.2) is 49.2 Å². The number of hydrogen-bond donors (Lipinski definition) is 1. The number of rotatable bonds is 9. The maximum atomic E-state index is 12.7. The maximum Gasteiger partial charge on any atom is 0.246 e. The Morgan fingerprint density at radius 2 is 1.81 bits per heavy atom. The van der Waals surface area contributed by atoms with Crippen LogP contribution in [0.5, 0.6) is 0 Å². The van der Waals surface area contributed by atoms with E-state index in [-0.39, 0.29) is 16.7 Å². The van der Waals surface area contributed by atoms with Gasteiger partial charge < -0.3 is 5.32 Å². The van der Waals surface area contributed by atoms with E-state index in [1.165, 1.54) is 6.20 Å². The minimum Gasteiger partial charge on any atom is -0.318 e. The summed E-state index contributed by atoms with van der Waals surface area (Å²) in [6, 6.07) is 0. The van der Waals surface area contributed by atoms with Crippen LogP contribution in [0.25, 0.3) is 0 Å². The van der Waals surface area contributed by atoms with Crippen molar-refractivity contribution < 1.29 is 8.42 Å². The molecule has 21 heavy (non-hydrogen) atoms. The zero-order valence-corrected chi connectivity index (χ0v) is 14.5. The Balaban J connectivity index is 2.96. The first-order valence-electron chi connectivity index (χ1n) is 7.44. The average molecular weight is 316 g/mol. The van der Waals surface area contributed by atoms with E-state index in [1.54, 1.807) is 15.2 Å². The van der Waals surface area contributed by atoms with Gasteiger partial charge in [-0.2, -0.15) is 9.40 Å². The molecule has 0 amide bonds. The highest BCUT2D eigenvalue weighted by Crippen LogP contribution is 2.18. The molecule has 122 valence electrons. The summed E-state index contributed by atoms with van der Waals surface area (Å²) in [7, 11) is -1.61. The van der Waals surface area contributed by atoms with E-state index in [4.69, 9.17) is 0 Å². The Labute approximate surface area is 128 Å². The Hall–Kier alpha value is -0.920. The van der Waals surface area contributed by atoms with Gasteiger partial charge in [0, 0.05) is 25.8 Å². The molecular weight excluding hydrogens is 288 g/mol. The first-order chi connectivity index (χ1) is 9.77. The molecule has 1 aromatic rings. The number of nitrogens with one attached hydrogen (secondary N) is 1. The van der Waals surface area contributed by atoms with E-state index in [0.29, 0.717) is 19.6 Å². The molecule has 0 aliphatic carbocycles. The number of hydrogen-bond acceptors (Lipinski definition) is 4. The van der Waals surface area contributed by atoms with Crippen LogP contribution in [0, 0.1) is 11.8 Å². The van der Waals surface area contributed by atoms with Crippen molar-refractivity contribution in [3.8, 4) is 0 Å². The zero-order valence-electron chi connectivity index (χ0n) is 13.7. The van der Waals surface area contributed by atoms with Crippen LogP contribution in [0.2, 0.25) is 0 Å². The lowest BCUT2D eigenvalue weighted by molar-refractivity contribution is 0.333. The molecule has 1 rings (SSSR count). The van der Waals surface area contributed by atoms with Crippen molar-refractivity contribution in [3.63, 3.8) is 0 Å². The topological polar surface area (TPSA) is 67.2 Å². The largest absolute Gasteiger partial charge is 0.318 e. The molecule has 0 unspecified atom stereocenters. The van der Waals surface area contributed by atoms with Crippen LogP contribution < -0.4 is 5.32 Å². The lowest BCUT2D eigenvalue weighted by Gasteiger charge is -2.24.